The van der Waals surface area contributed by atoms with Gasteiger partial charge >= 0.3 is 0 Å². The number of piperazine rings is 1. The van der Waals surface area contributed by atoms with E-state index in [9.17, 15) is 0 Å². The molecule has 0 bridgehead atoms. The number of aryl methyl sites for hydroxylation is 1. The summed E-state index contributed by atoms with van der Waals surface area (Å²) in [5, 5.41) is 0. The van der Waals surface area contributed by atoms with Crippen LogP contribution < -0.4 is 10.6 Å². The van der Waals surface area contributed by atoms with Gasteiger partial charge in [-0.15, -0.1) is 11.3 Å². The van der Waals surface area contributed by atoms with Crippen LogP contribution in [0.1, 0.15) is 15.8 Å². The zero-order valence-corrected chi connectivity index (χ0v) is 13.2. The van der Waals surface area contributed by atoms with Gasteiger partial charge in [0.15, 0.2) is 0 Å². The fourth-order valence-electron chi connectivity index (χ4n) is 2.88. The maximum atomic E-state index is 6.03. The molecule has 112 valence electrons. The first-order valence-corrected chi connectivity index (χ1v) is 8.26. The molecule has 0 aliphatic carbocycles. The van der Waals surface area contributed by atoms with Gasteiger partial charge in [0.1, 0.15) is 5.82 Å². The fraction of sp³-hybridized carbons (Fsp3) is 0.438. The number of nitrogens with two attached hydrogens (primary N) is 1. The molecule has 2 N–H and O–H groups in total. The Hall–Kier alpha value is -1.43. The largest absolute Gasteiger partial charge is 0.354 e. The highest BCUT2D eigenvalue weighted by Gasteiger charge is 2.25. The number of hydrogen-bond donors (Lipinski definition) is 1. The van der Waals surface area contributed by atoms with Gasteiger partial charge in [-0.1, -0.05) is 6.07 Å². The molecule has 1 fully saturated rings. The average molecular weight is 302 g/mol. The Kier molecular flexibility index (Phi) is 4.53. The predicted molar refractivity (Wildman–Crippen MR) is 88.9 cm³/mol. The zero-order valence-electron chi connectivity index (χ0n) is 12.4. The summed E-state index contributed by atoms with van der Waals surface area (Å²) in [5.41, 5.74) is 6.03. The molecule has 3 heterocycles. The van der Waals surface area contributed by atoms with Crippen LogP contribution in [0.5, 0.6) is 0 Å². The van der Waals surface area contributed by atoms with E-state index in [2.05, 4.69) is 39.9 Å². The van der Waals surface area contributed by atoms with Gasteiger partial charge < -0.3 is 10.6 Å². The number of rotatable bonds is 4. The van der Waals surface area contributed by atoms with Gasteiger partial charge in [0.25, 0.3) is 0 Å². The minimum absolute atomic E-state index is 0.356. The third-order valence-electron chi connectivity index (χ3n) is 4.04. The van der Waals surface area contributed by atoms with Crippen molar-refractivity contribution in [2.45, 2.75) is 13.0 Å². The van der Waals surface area contributed by atoms with Gasteiger partial charge in [0.2, 0.25) is 0 Å². The first-order chi connectivity index (χ1) is 10.3. The van der Waals surface area contributed by atoms with Crippen molar-refractivity contribution in [3.05, 3.63) is 46.3 Å². The molecule has 0 amide bonds. The summed E-state index contributed by atoms with van der Waals surface area (Å²) in [6.45, 7) is 6.94. The van der Waals surface area contributed by atoms with Crippen LogP contribution in [0.4, 0.5) is 5.82 Å². The molecule has 2 aromatic rings. The number of anilines is 1. The molecule has 4 nitrogen and oxygen atoms in total. The van der Waals surface area contributed by atoms with E-state index >= 15 is 0 Å². The Morgan fingerprint density at radius 2 is 2.00 bits per heavy atom. The van der Waals surface area contributed by atoms with Crippen molar-refractivity contribution in [3.8, 4) is 0 Å². The number of thiophene rings is 1. The topological polar surface area (TPSA) is 45.4 Å². The molecule has 0 saturated carbocycles. The van der Waals surface area contributed by atoms with Crippen LogP contribution in [-0.2, 0) is 0 Å². The smallest absolute Gasteiger partial charge is 0.128 e. The summed E-state index contributed by atoms with van der Waals surface area (Å²) in [6.07, 6.45) is 1.86. The van der Waals surface area contributed by atoms with Crippen molar-refractivity contribution in [3.63, 3.8) is 0 Å². The maximum absolute atomic E-state index is 6.03. The number of hydrogen-bond acceptors (Lipinski definition) is 5. The van der Waals surface area contributed by atoms with Crippen LogP contribution in [0.15, 0.2) is 36.5 Å². The molecule has 1 saturated heterocycles. The van der Waals surface area contributed by atoms with E-state index in [0.717, 1.165) is 32.0 Å². The average Bonchev–Trinajstić information content (AvgIpc) is 2.96. The number of pyridine rings is 1. The van der Waals surface area contributed by atoms with Crippen LogP contribution in [0.2, 0.25) is 0 Å². The third kappa shape index (κ3) is 3.26. The minimum atomic E-state index is 0.356. The van der Waals surface area contributed by atoms with E-state index in [4.69, 9.17) is 5.73 Å². The highest BCUT2D eigenvalue weighted by atomic mass is 32.1. The maximum Gasteiger partial charge on any atom is 0.128 e. The molecule has 21 heavy (non-hydrogen) atoms. The fourth-order valence-corrected chi connectivity index (χ4v) is 3.91. The van der Waals surface area contributed by atoms with E-state index in [1.807, 2.05) is 29.7 Å². The van der Waals surface area contributed by atoms with Gasteiger partial charge in [-0.05, 0) is 31.2 Å². The summed E-state index contributed by atoms with van der Waals surface area (Å²) in [4.78, 5) is 12.0. The van der Waals surface area contributed by atoms with Crippen molar-refractivity contribution >= 4 is 17.2 Å². The first kappa shape index (κ1) is 14.5. The summed E-state index contributed by atoms with van der Waals surface area (Å²) >= 11 is 1.86. The molecule has 1 aliphatic heterocycles. The second-order valence-electron chi connectivity index (χ2n) is 5.41. The van der Waals surface area contributed by atoms with Gasteiger partial charge in [0, 0.05) is 48.7 Å². The normalized spacial score (nSPS) is 17.9. The van der Waals surface area contributed by atoms with Crippen LogP contribution in [-0.4, -0.2) is 42.6 Å². The molecular formula is C16H22N4S. The van der Waals surface area contributed by atoms with E-state index in [-0.39, 0.29) is 0 Å². The van der Waals surface area contributed by atoms with E-state index in [0.29, 0.717) is 12.6 Å². The standard InChI is InChI=1S/C16H22N4S/c1-13-5-6-15(21-13)14(12-17)19-8-10-20(11-9-19)16-4-2-3-7-18-16/h2-7,14H,8-12,17H2,1H3. The molecule has 0 aromatic carbocycles. The summed E-state index contributed by atoms with van der Waals surface area (Å²) < 4.78 is 0. The van der Waals surface area contributed by atoms with Crippen molar-refractivity contribution in [1.82, 2.24) is 9.88 Å². The molecule has 1 unspecified atom stereocenters. The summed E-state index contributed by atoms with van der Waals surface area (Å²) in [7, 11) is 0. The van der Waals surface area contributed by atoms with E-state index in [1.165, 1.54) is 9.75 Å². The molecule has 5 heteroatoms. The van der Waals surface area contributed by atoms with Crippen molar-refractivity contribution in [2.75, 3.05) is 37.6 Å². The Labute approximate surface area is 130 Å². The minimum Gasteiger partial charge on any atom is -0.354 e. The quantitative estimate of drug-likeness (QED) is 0.941. The third-order valence-corrected chi connectivity index (χ3v) is 5.14. The molecule has 0 spiro atoms. The highest BCUT2D eigenvalue weighted by molar-refractivity contribution is 7.12. The van der Waals surface area contributed by atoms with Gasteiger partial charge in [-0.3, -0.25) is 4.90 Å². The van der Waals surface area contributed by atoms with Crippen LogP contribution in [0.25, 0.3) is 0 Å². The molecular weight excluding hydrogens is 280 g/mol. The first-order valence-electron chi connectivity index (χ1n) is 7.44. The molecule has 1 aliphatic rings. The SMILES string of the molecule is Cc1ccc(C(CN)N2CCN(c3ccccn3)CC2)s1. The Balaban J connectivity index is 1.64. The molecule has 2 aromatic heterocycles. The van der Waals surface area contributed by atoms with Crippen LogP contribution in [0, 0.1) is 6.92 Å². The summed E-state index contributed by atoms with van der Waals surface area (Å²) in [5.74, 6) is 1.08. The van der Waals surface area contributed by atoms with Crippen molar-refractivity contribution in [1.29, 1.82) is 0 Å². The van der Waals surface area contributed by atoms with Crippen molar-refractivity contribution < 1.29 is 0 Å². The second kappa shape index (κ2) is 6.56. The lowest BCUT2D eigenvalue weighted by atomic mass is 10.1. The zero-order chi connectivity index (χ0) is 14.7. The van der Waals surface area contributed by atoms with E-state index < -0.39 is 0 Å². The molecule has 1 atom stereocenters. The van der Waals surface area contributed by atoms with Crippen LogP contribution >= 0.6 is 11.3 Å². The van der Waals surface area contributed by atoms with Crippen molar-refractivity contribution in [2.24, 2.45) is 5.73 Å². The molecule has 3 rings (SSSR count). The Morgan fingerprint density at radius 3 is 2.57 bits per heavy atom. The van der Waals surface area contributed by atoms with E-state index in [1.54, 1.807) is 0 Å². The second-order valence-corrected chi connectivity index (χ2v) is 6.73. The summed E-state index contributed by atoms with van der Waals surface area (Å²) in [6, 6.07) is 10.9. The Bertz CT molecular complexity index is 561. The molecule has 0 radical (unpaired) electrons. The van der Waals surface area contributed by atoms with Gasteiger partial charge in [-0.2, -0.15) is 0 Å². The lowest BCUT2D eigenvalue weighted by molar-refractivity contribution is 0.192. The van der Waals surface area contributed by atoms with Gasteiger partial charge in [0.05, 0.1) is 6.04 Å². The lowest BCUT2D eigenvalue weighted by Crippen LogP contribution is -2.49. The van der Waals surface area contributed by atoms with Crippen LogP contribution in [0.3, 0.4) is 0 Å². The predicted octanol–water partition coefficient (Wildman–Crippen LogP) is 2.27. The lowest BCUT2D eigenvalue weighted by Gasteiger charge is -2.39. The Morgan fingerprint density at radius 1 is 1.19 bits per heavy atom. The number of nitrogens with zero attached hydrogens (tertiary/aromatic N) is 3. The monoisotopic (exact) mass is 302 g/mol. The van der Waals surface area contributed by atoms with Gasteiger partial charge in [-0.25, -0.2) is 4.98 Å². The highest BCUT2D eigenvalue weighted by Crippen LogP contribution is 2.28. The number of aromatic nitrogens is 1.